The Balaban J connectivity index is 0.000000147. The number of hydrogen-bond donors (Lipinski definition) is 0. The van der Waals surface area contributed by atoms with Gasteiger partial charge in [0.2, 0.25) is 0 Å². The van der Waals surface area contributed by atoms with Crippen LogP contribution in [0.5, 0.6) is 0 Å². The third kappa shape index (κ3) is 12.6. The van der Waals surface area contributed by atoms with Crippen LogP contribution in [0.4, 0.5) is 34.1 Å². The van der Waals surface area contributed by atoms with Crippen LogP contribution in [-0.2, 0) is 0 Å². The summed E-state index contributed by atoms with van der Waals surface area (Å²) in [5.74, 6) is 0. The van der Waals surface area contributed by atoms with E-state index >= 15 is 0 Å². The Kier molecular flexibility index (Phi) is 17.2. The average Bonchev–Trinajstić information content (AvgIpc) is 1.44. The van der Waals surface area contributed by atoms with Gasteiger partial charge >= 0.3 is 0 Å². The van der Waals surface area contributed by atoms with Gasteiger partial charge in [0, 0.05) is 82.0 Å². The van der Waals surface area contributed by atoms with E-state index in [9.17, 15) is 0 Å². The van der Waals surface area contributed by atoms with Gasteiger partial charge in [-0.3, -0.25) is 0 Å². The molecule has 0 spiro atoms. The van der Waals surface area contributed by atoms with Crippen LogP contribution < -0.4 is 9.80 Å². The van der Waals surface area contributed by atoms with E-state index in [1.165, 1.54) is 103 Å². The van der Waals surface area contributed by atoms with E-state index in [2.05, 4.69) is 422 Å². The third-order valence-electron chi connectivity index (χ3n) is 20.8. The van der Waals surface area contributed by atoms with Crippen LogP contribution in [0.3, 0.4) is 0 Å². The Bertz CT molecular complexity index is 6110. The van der Waals surface area contributed by atoms with E-state index in [1.54, 1.807) is 0 Å². The van der Waals surface area contributed by atoms with E-state index in [0.717, 1.165) is 83.9 Å². The molecule has 20 rings (SSSR count). The predicted molar refractivity (Wildman–Crippen MR) is 461 cm³/mol. The summed E-state index contributed by atoms with van der Waals surface area (Å²) in [5, 5.41) is 9.59. The molecule has 0 N–H and O–H groups in total. The molecule has 0 saturated heterocycles. The first kappa shape index (κ1) is 64.9. The molecule has 4 heteroatoms. The highest BCUT2D eigenvalue weighted by Gasteiger charge is 2.28. The quantitative estimate of drug-likeness (QED) is 0.108. The van der Waals surface area contributed by atoms with Crippen molar-refractivity contribution in [3.8, 4) is 89.0 Å². The van der Waals surface area contributed by atoms with E-state index in [-0.39, 0.29) is 0 Å². The van der Waals surface area contributed by atoms with Crippen LogP contribution in [0.1, 0.15) is 0 Å². The van der Waals surface area contributed by atoms with E-state index < -0.39 is 0 Å². The van der Waals surface area contributed by atoms with Crippen molar-refractivity contribution < 1.29 is 4.42 Å². The lowest BCUT2D eigenvalue weighted by Gasteiger charge is -2.31. The topological polar surface area (TPSA) is 19.6 Å². The zero-order valence-electron chi connectivity index (χ0n) is 59.1. The number of thiophene rings is 1. The fourth-order valence-electron chi connectivity index (χ4n) is 15.6. The summed E-state index contributed by atoms with van der Waals surface area (Å²) in [6.07, 6.45) is 0. The molecular weight excluding hydrogens is 1330 g/mol. The molecule has 0 saturated carbocycles. The highest BCUT2D eigenvalue weighted by molar-refractivity contribution is 7.25. The van der Waals surface area contributed by atoms with Gasteiger partial charge in [0.05, 0.1) is 11.4 Å². The zero-order chi connectivity index (χ0) is 71.7. The minimum atomic E-state index is 0.856. The smallest absolute Gasteiger partial charge is 0.137 e. The maximum Gasteiger partial charge on any atom is 0.137 e. The van der Waals surface area contributed by atoms with Crippen molar-refractivity contribution in [2.75, 3.05) is 9.80 Å². The van der Waals surface area contributed by atoms with Gasteiger partial charge in [0.25, 0.3) is 0 Å². The van der Waals surface area contributed by atoms with Gasteiger partial charge < -0.3 is 14.2 Å². The molecule has 3 nitrogen and oxygen atoms in total. The normalized spacial score (nSPS) is 11.3. The third-order valence-corrected chi connectivity index (χ3v) is 22.0. The molecule has 2 heterocycles. The molecule has 0 fully saturated rings. The van der Waals surface area contributed by atoms with Crippen LogP contribution in [0.25, 0.3) is 153 Å². The molecule has 0 aliphatic carbocycles. The van der Waals surface area contributed by atoms with Gasteiger partial charge in [0.15, 0.2) is 0 Å². The summed E-state index contributed by atoms with van der Waals surface area (Å²) >= 11 is 1.86. The van der Waals surface area contributed by atoms with Crippen LogP contribution in [0, 0.1) is 0 Å². The van der Waals surface area contributed by atoms with Crippen molar-refractivity contribution in [1.82, 2.24) is 0 Å². The van der Waals surface area contributed by atoms with Crippen molar-refractivity contribution >= 4 is 109 Å². The lowest BCUT2D eigenvalue weighted by atomic mass is 9.89. The first-order valence-corrected chi connectivity index (χ1v) is 37.7. The highest BCUT2D eigenvalue weighted by Crippen LogP contribution is 2.53. The first-order chi connectivity index (χ1) is 53.5. The fourth-order valence-corrected chi connectivity index (χ4v) is 16.7. The number of benzene rings is 18. The number of hydrogen-bond acceptors (Lipinski definition) is 4. The molecule has 508 valence electrons. The minimum Gasteiger partial charge on any atom is -0.456 e. The van der Waals surface area contributed by atoms with Crippen LogP contribution in [0.2, 0.25) is 0 Å². The van der Waals surface area contributed by atoms with E-state index in [4.69, 9.17) is 4.42 Å². The molecule has 0 radical (unpaired) electrons. The standard InChI is InChI=1S/C52H35NO.C52H35NS/c2*1-5-15-36(16-6-1)41-26-25-38-27-28-44(32-42(38)31-41)53(45-29-30-47-46-23-13-14-24-50(46)54-51(47)35-45)52-48(39-19-9-3-10-20-39)33-43(37-17-7-2-8-18-37)34-49(52)40-21-11-4-12-22-40/h2*1-35H. The number of furan rings is 1. The molecule has 0 bridgehead atoms. The van der Waals surface area contributed by atoms with E-state index in [0.29, 0.717) is 0 Å². The van der Waals surface area contributed by atoms with Crippen molar-refractivity contribution in [3.05, 3.63) is 425 Å². The molecule has 108 heavy (non-hydrogen) atoms. The summed E-state index contributed by atoms with van der Waals surface area (Å²) in [6, 6.07) is 153. The molecule has 20 aromatic rings. The first-order valence-electron chi connectivity index (χ1n) is 36.8. The van der Waals surface area contributed by atoms with Gasteiger partial charge in [-0.05, 0) is 185 Å². The van der Waals surface area contributed by atoms with Crippen molar-refractivity contribution in [1.29, 1.82) is 0 Å². The van der Waals surface area contributed by atoms with Gasteiger partial charge in [-0.15, -0.1) is 11.3 Å². The lowest BCUT2D eigenvalue weighted by molar-refractivity contribution is 0.669. The van der Waals surface area contributed by atoms with Crippen LogP contribution in [0.15, 0.2) is 429 Å². The Labute approximate surface area is 632 Å². The predicted octanol–water partition coefficient (Wildman–Crippen LogP) is 30.2. The average molecular weight is 1400 g/mol. The monoisotopic (exact) mass is 1390 g/mol. The molecular formula is C104H70N2OS. The lowest BCUT2D eigenvalue weighted by Crippen LogP contribution is -2.13. The van der Waals surface area contributed by atoms with Crippen LogP contribution >= 0.6 is 11.3 Å². The molecule has 18 aromatic carbocycles. The van der Waals surface area contributed by atoms with E-state index in [1.807, 2.05) is 23.5 Å². The van der Waals surface area contributed by atoms with Crippen molar-refractivity contribution in [2.45, 2.75) is 0 Å². The molecule has 2 aromatic heterocycles. The van der Waals surface area contributed by atoms with Crippen LogP contribution in [-0.4, -0.2) is 0 Å². The SMILES string of the molecule is c1ccc(-c2cc(-c3ccccc3)c(N(c3ccc4ccc(-c5ccccc5)cc4c3)c3ccc4c(c3)oc3ccccc34)c(-c3ccccc3)c2)cc1.c1ccc(-c2cc(-c3ccccc3)c(N(c3ccc4ccc(-c5ccccc5)cc4c3)c3ccc4c(c3)sc3ccccc34)c(-c3ccccc3)c2)cc1. The second-order valence-electron chi connectivity index (χ2n) is 27.5. The summed E-state index contributed by atoms with van der Waals surface area (Å²) in [7, 11) is 0. The van der Waals surface area contributed by atoms with Gasteiger partial charge in [-0.2, -0.15) is 0 Å². The summed E-state index contributed by atoms with van der Waals surface area (Å²) < 4.78 is 9.11. The highest BCUT2D eigenvalue weighted by atomic mass is 32.1. The fraction of sp³-hybridized carbons (Fsp3) is 0. The second kappa shape index (κ2) is 28.6. The largest absolute Gasteiger partial charge is 0.456 e. The summed E-state index contributed by atoms with van der Waals surface area (Å²) in [4.78, 5) is 4.93. The van der Waals surface area contributed by atoms with Gasteiger partial charge in [-0.1, -0.05) is 322 Å². The Morgan fingerprint density at radius 2 is 0.481 bits per heavy atom. The number of para-hydroxylation sites is 1. The maximum atomic E-state index is 6.53. The molecule has 0 unspecified atom stereocenters. The zero-order valence-corrected chi connectivity index (χ0v) is 59.9. The molecule has 0 atom stereocenters. The second-order valence-corrected chi connectivity index (χ2v) is 28.6. The molecule has 0 amide bonds. The van der Waals surface area contributed by atoms with Gasteiger partial charge in [0.1, 0.15) is 11.2 Å². The number of rotatable bonds is 14. The van der Waals surface area contributed by atoms with Gasteiger partial charge in [-0.25, -0.2) is 0 Å². The summed E-state index contributed by atoms with van der Waals surface area (Å²) in [5.41, 5.74) is 27.1. The maximum absolute atomic E-state index is 6.53. The number of nitrogens with zero attached hydrogens (tertiary/aromatic N) is 2. The Morgan fingerprint density at radius 3 is 0.907 bits per heavy atom. The number of anilines is 6. The Hall–Kier alpha value is -13.9. The molecule has 0 aliphatic rings. The number of fused-ring (bicyclic) bond motifs is 8. The van der Waals surface area contributed by atoms with Crippen molar-refractivity contribution in [2.24, 2.45) is 0 Å². The minimum absolute atomic E-state index is 0.856. The summed E-state index contributed by atoms with van der Waals surface area (Å²) in [6.45, 7) is 0. The van der Waals surface area contributed by atoms with Crippen molar-refractivity contribution in [3.63, 3.8) is 0 Å². The Morgan fingerprint density at radius 1 is 0.176 bits per heavy atom. The molecule has 0 aliphatic heterocycles.